The van der Waals surface area contributed by atoms with Gasteiger partial charge in [-0.05, 0) is 26.8 Å². The van der Waals surface area contributed by atoms with Gasteiger partial charge in [0.1, 0.15) is 0 Å². The van der Waals surface area contributed by atoms with Crippen LogP contribution in [-0.4, -0.2) is 35.9 Å². The molecule has 110 valence electrons. The van der Waals surface area contributed by atoms with E-state index in [0.717, 1.165) is 0 Å². The first-order valence-electron chi connectivity index (χ1n) is 6.41. The van der Waals surface area contributed by atoms with Crippen molar-refractivity contribution in [1.29, 1.82) is 0 Å². The fraction of sp³-hybridized carbons (Fsp3) is 0.462. The van der Waals surface area contributed by atoms with Gasteiger partial charge < -0.3 is 16.0 Å². The lowest BCUT2D eigenvalue weighted by molar-refractivity contribution is -0.120. The van der Waals surface area contributed by atoms with Crippen molar-refractivity contribution < 1.29 is 14.0 Å². The topological polar surface area (TPSA) is 83.1 Å². The van der Waals surface area contributed by atoms with Crippen LogP contribution < -0.4 is 16.0 Å². The number of anilines is 1. The zero-order valence-corrected chi connectivity index (χ0v) is 11.8. The van der Waals surface area contributed by atoms with E-state index in [-0.39, 0.29) is 29.9 Å². The molecule has 0 saturated heterocycles. The second-order valence-electron chi connectivity index (χ2n) is 4.46. The van der Waals surface area contributed by atoms with Crippen LogP contribution in [0.1, 0.15) is 31.1 Å². The molecule has 1 heterocycles. The molecule has 0 aliphatic carbocycles. The van der Waals surface area contributed by atoms with Crippen molar-refractivity contribution in [3.63, 3.8) is 0 Å². The molecule has 1 rings (SSSR count). The summed E-state index contributed by atoms with van der Waals surface area (Å²) in [6, 6.07) is 1.25. The Labute approximate surface area is 117 Å². The average Bonchev–Trinajstić information content (AvgIpc) is 2.38. The predicted octanol–water partition coefficient (Wildman–Crippen LogP) is 0.907. The number of aromatic nitrogens is 1. The summed E-state index contributed by atoms with van der Waals surface area (Å²) in [7, 11) is 0. The van der Waals surface area contributed by atoms with Gasteiger partial charge in [-0.3, -0.25) is 9.59 Å². The summed E-state index contributed by atoms with van der Waals surface area (Å²) in [6.45, 7) is 5.71. The third-order valence-corrected chi connectivity index (χ3v) is 2.34. The van der Waals surface area contributed by atoms with Crippen LogP contribution in [0.4, 0.5) is 10.2 Å². The number of pyridine rings is 1. The first-order chi connectivity index (χ1) is 9.45. The van der Waals surface area contributed by atoms with Gasteiger partial charge in [0.15, 0.2) is 11.6 Å². The van der Waals surface area contributed by atoms with Crippen LogP contribution >= 0.6 is 0 Å². The molecular weight excluding hydrogens is 263 g/mol. The van der Waals surface area contributed by atoms with Crippen molar-refractivity contribution in [3.8, 4) is 0 Å². The van der Waals surface area contributed by atoms with Gasteiger partial charge >= 0.3 is 0 Å². The summed E-state index contributed by atoms with van der Waals surface area (Å²) in [6.07, 6.45) is 1.34. The highest BCUT2D eigenvalue weighted by molar-refractivity contribution is 5.97. The van der Waals surface area contributed by atoms with E-state index in [4.69, 9.17) is 0 Å². The number of carbonyl (C=O) groups excluding carboxylic acids is 2. The molecule has 1 aromatic heterocycles. The molecule has 7 heteroatoms. The van der Waals surface area contributed by atoms with E-state index in [2.05, 4.69) is 20.9 Å². The normalized spacial score (nSPS) is 10.2. The molecule has 2 amide bonds. The third kappa shape index (κ3) is 4.49. The Hall–Kier alpha value is -2.18. The summed E-state index contributed by atoms with van der Waals surface area (Å²) >= 11 is 0. The van der Waals surface area contributed by atoms with Crippen LogP contribution in [0.5, 0.6) is 0 Å². The minimum atomic E-state index is -0.726. The van der Waals surface area contributed by atoms with E-state index < -0.39 is 11.7 Å². The van der Waals surface area contributed by atoms with Crippen LogP contribution in [0.25, 0.3) is 0 Å². The molecule has 0 fully saturated rings. The fourth-order valence-corrected chi connectivity index (χ4v) is 1.54. The molecule has 0 saturated carbocycles. The van der Waals surface area contributed by atoms with Gasteiger partial charge in [-0.1, -0.05) is 0 Å². The molecule has 0 radical (unpaired) electrons. The number of halogens is 1. The van der Waals surface area contributed by atoms with Crippen LogP contribution in [-0.2, 0) is 4.79 Å². The van der Waals surface area contributed by atoms with E-state index in [0.29, 0.717) is 6.54 Å². The van der Waals surface area contributed by atoms with Gasteiger partial charge in [-0.2, -0.15) is 0 Å². The van der Waals surface area contributed by atoms with E-state index >= 15 is 0 Å². The number of rotatable bonds is 6. The Morgan fingerprint density at radius 1 is 1.40 bits per heavy atom. The fourth-order valence-electron chi connectivity index (χ4n) is 1.54. The minimum absolute atomic E-state index is 0.0163. The maximum atomic E-state index is 14.0. The molecule has 0 aliphatic heterocycles. The van der Waals surface area contributed by atoms with Gasteiger partial charge in [0.25, 0.3) is 5.91 Å². The van der Waals surface area contributed by atoms with Gasteiger partial charge in [0, 0.05) is 18.8 Å². The predicted molar refractivity (Wildman–Crippen MR) is 74.0 cm³/mol. The number of hydrogen-bond acceptors (Lipinski definition) is 4. The molecular formula is C13H19FN4O2. The maximum Gasteiger partial charge on any atom is 0.254 e. The standard InChI is InChI=1S/C13H19FN4O2/c1-4-15-12-11(14)9(5-6-16-12)13(20)17-7-10(19)18-8(2)3/h5-6,8H,4,7H2,1-3H3,(H,15,16)(H,17,20)(H,18,19). The van der Waals surface area contributed by atoms with Crippen LogP contribution in [0.15, 0.2) is 12.3 Å². The van der Waals surface area contributed by atoms with Crippen molar-refractivity contribution in [2.24, 2.45) is 0 Å². The lowest BCUT2D eigenvalue weighted by Crippen LogP contribution is -2.40. The number of nitrogens with one attached hydrogen (secondary N) is 3. The first-order valence-corrected chi connectivity index (χ1v) is 6.41. The number of hydrogen-bond donors (Lipinski definition) is 3. The quantitative estimate of drug-likeness (QED) is 0.724. The van der Waals surface area contributed by atoms with Gasteiger partial charge in [0.05, 0.1) is 12.1 Å². The van der Waals surface area contributed by atoms with Crippen molar-refractivity contribution >= 4 is 17.6 Å². The maximum absolute atomic E-state index is 14.0. The third-order valence-electron chi connectivity index (χ3n) is 2.34. The highest BCUT2D eigenvalue weighted by Crippen LogP contribution is 2.14. The van der Waals surface area contributed by atoms with E-state index in [9.17, 15) is 14.0 Å². The summed E-state index contributed by atoms with van der Waals surface area (Å²) < 4.78 is 14.0. The van der Waals surface area contributed by atoms with Crippen molar-refractivity contribution in [3.05, 3.63) is 23.6 Å². The zero-order chi connectivity index (χ0) is 15.1. The van der Waals surface area contributed by atoms with Crippen molar-refractivity contribution in [2.45, 2.75) is 26.8 Å². The SMILES string of the molecule is CCNc1nccc(C(=O)NCC(=O)NC(C)C)c1F. The molecule has 20 heavy (non-hydrogen) atoms. The summed E-state index contributed by atoms with van der Waals surface area (Å²) in [5.41, 5.74) is -0.145. The molecule has 6 nitrogen and oxygen atoms in total. The highest BCUT2D eigenvalue weighted by atomic mass is 19.1. The van der Waals surface area contributed by atoms with E-state index in [1.807, 2.05) is 13.8 Å². The Morgan fingerprint density at radius 3 is 2.70 bits per heavy atom. The number of amides is 2. The summed E-state index contributed by atoms with van der Waals surface area (Å²) in [5, 5.41) is 7.71. The lowest BCUT2D eigenvalue weighted by Gasteiger charge is -2.10. The highest BCUT2D eigenvalue weighted by Gasteiger charge is 2.16. The second-order valence-corrected chi connectivity index (χ2v) is 4.46. The smallest absolute Gasteiger partial charge is 0.254 e. The monoisotopic (exact) mass is 282 g/mol. The first kappa shape index (κ1) is 15.9. The van der Waals surface area contributed by atoms with Crippen LogP contribution in [0, 0.1) is 5.82 Å². The van der Waals surface area contributed by atoms with E-state index in [1.165, 1.54) is 12.3 Å². The van der Waals surface area contributed by atoms with Gasteiger partial charge in [-0.25, -0.2) is 9.37 Å². The van der Waals surface area contributed by atoms with Crippen LogP contribution in [0.2, 0.25) is 0 Å². The molecule has 0 unspecified atom stereocenters. The summed E-state index contributed by atoms with van der Waals surface area (Å²) in [4.78, 5) is 27.0. The second kappa shape index (κ2) is 7.42. The number of carbonyl (C=O) groups is 2. The molecule has 0 aromatic carbocycles. The Balaban J connectivity index is 2.68. The molecule has 3 N–H and O–H groups in total. The molecule has 0 spiro atoms. The largest absolute Gasteiger partial charge is 0.368 e. The molecule has 0 aliphatic rings. The molecule has 0 atom stereocenters. The van der Waals surface area contributed by atoms with Gasteiger partial charge in [-0.15, -0.1) is 0 Å². The van der Waals surface area contributed by atoms with Crippen molar-refractivity contribution in [2.75, 3.05) is 18.4 Å². The Kier molecular flexibility index (Phi) is 5.89. The zero-order valence-electron chi connectivity index (χ0n) is 11.8. The molecule has 0 bridgehead atoms. The lowest BCUT2D eigenvalue weighted by atomic mass is 10.2. The number of nitrogens with zero attached hydrogens (tertiary/aromatic N) is 1. The van der Waals surface area contributed by atoms with Crippen molar-refractivity contribution in [1.82, 2.24) is 15.6 Å². The Morgan fingerprint density at radius 2 is 2.10 bits per heavy atom. The average molecular weight is 282 g/mol. The van der Waals surface area contributed by atoms with E-state index in [1.54, 1.807) is 6.92 Å². The minimum Gasteiger partial charge on any atom is -0.368 e. The molecule has 1 aromatic rings. The van der Waals surface area contributed by atoms with Gasteiger partial charge in [0.2, 0.25) is 5.91 Å². The summed E-state index contributed by atoms with van der Waals surface area (Å²) in [5.74, 6) is -1.68. The Bertz CT molecular complexity index is 491. The van der Waals surface area contributed by atoms with Crippen LogP contribution in [0.3, 0.4) is 0 Å².